The second-order valence-electron chi connectivity index (χ2n) is 8.19. The molecule has 1 amide bonds. The number of amides is 1. The second-order valence-corrected chi connectivity index (χ2v) is 9.10. The van der Waals surface area contributed by atoms with E-state index < -0.39 is 0 Å². The van der Waals surface area contributed by atoms with Gasteiger partial charge in [0.2, 0.25) is 5.91 Å². The first-order valence-corrected chi connectivity index (χ1v) is 11.6. The monoisotopic (exact) mass is 471 g/mol. The topological polar surface area (TPSA) is 36.0 Å². The van der Waals surface area contributed by atoms with Gasteiger partial charge in [0.05, 0.1) is 18.7 Å². The molecule has 0 aliphatic carbocycles. The molecule has 4 rings (SSSR count). The summed E-state index contributed by atoms with van der Waals surface area (Å²) in [5.41, 5.74) is 2.41. The Hall–Kier alpha value is -2.05. The van der Waals surface area contributed by atoms with Crippen LogP contribution in [0.4, 0.5) is 5.69 Å². The highest BCUT2D eigenvalue weighted by Crippen LogP contribution is 2.29. The highest BCUT2D eigenvalue weighted by atomic mass is 79.9. The fourth-order valence-corrected chi connectivity index (χ4v) is 5.06. The number of rotatable bonds is 5. The van der Waals surface area contributed by atoms with Gasteiger partial charge >= 0.3 is 0 Å². The summed E-state index contributed by atoms with van der Waals surface area (Å²) < 4.78 is 6.61. The Morgan fingerprint density at radius 3 is 2.63 bits per heavy atom. The number of anilines is 1. The number of benzene rings is 2. The largest absolute Gasteiger partial charge is 0.495 e. The van der Waals surface area contributed by atoms with E-state index in [-0.39, 0.29) is 5.92 Å². The Bertz CT molecular complexity index is 867. The molecule has 0 radical (unpaired) electrons. The molecule has 6 heteroatoms. The number of methoxy groups -OCH3 is 1. The predicted octanol–water partition coefficient (Wildman–Crippen LogP) is 4.02. The molecular weight excluding hydrogens is 442 g/mol. The lowest BCUT2D eigenvalue weighted by atomic mass is 9.95. The van der Waals surface area contributed by atoms with Gasteiger partial charge < -0.3 is 14.5 Å². The van der Waals surface area contributed by atoms with Crippen LogP contribution in [0.2, 0.25) is 0 Å². The van der Waals surface area contributed by atoms with Crippen molar-refractivity contribution < 1.29 is 9.53 Å². The van der Waals surface area contributed by atoms with Gasteiger partial charge in [-0.2, -0.15) is 0 Å². The Labute approximate surface area is 187 Å². The van der Waals surface area contributed by atoms with Crippen LogP contribution in [0.3, 0.4) is 0 Å². The SMILES string of the molecule is COc1ccccc1N1CCN(C(=O)C2CCCN(Cc3cccc(Br)c3)C2)CC1. The molecule has 0 aromatic heterocycles. The van der Waals surface area contributed by atoms with Gasteiger partial charge in [0.1, 0.15) is 5.75 Å². The van der Waals surface area contributed by atoms with E-state index in [4.69, 9.17) is 4.74 Å². The number of halogens is 1. The smallest absolute Gasteiger partial charge is 0.227 e. The van der Waals surface area contributed by atoms with Crippen LogP contribution in [-0.2, 0) is 11.3 Å². The van der Waals surface area contributed by atoms with Crippen LogP contribution in [-0.4, -0.2) is 62.1 Å². The third-order valence-electron chi connectivity index (χ3n) is 6.17. The zero-order chi connectivity index (χ0) is 20.9. The average Bonchev–Trinajstić information content (AvgIpc) is 2.79. The number of hydrogen-bond donors (Lipinski definition) is 0. The van der Waals surface area contributed by atoms with Crippen molar-refractivity contribution in [2.45, 2.75) is 19.4 Å². The van der Waals surface area contributed by atoms with Crippen molar-refractivity contribution in [2.75, 3.05) is 51.3 Å². The number of nitrogens with zero attached hydrogens (tertiary/aromatic N) is 3. The number of piperidine rings is 1. The second kappa shape index (κ2) is 9.84. The van der Waals surface area contributed by atoms with Crippen LogP contribution in [0, 0.1) is 5.92 Å². The zero-order valence-corrected chi connectivity index (χ0v) is 19.2. The number of ether oxygens (including phenoxy) is 1. The van der Waals surface area contributed by atoms with E-state index in [0.717, 1.165) is 74.6 Å². The van der Waals surface area contributed by atoms with Crippen molar-refractivity contribution >= 4 is 27.5 Å². The number of piperazine rings is 1. The summed E-state index contributed by atoms with van der Waals surface area (Å²) in [6.45, 7) is 6.08. The van der Waals surface area contributed by atoms with Gasteiger partial charge in [0, 0.05) is 43.7 Å². The molecule has 0 saturated carbocycles. The minimum Gasteiger partial charge on any atom is -0.495 e. The molecule has 2 aromatic rings. The fraction of sp³-hybridized carbons (Fsp3) is 0.458. The van der Waals surface area contributed by atoms with E-state index >= 15 is 0 Å². The van der Waals surface area contributed by atoms with Crippen LogP contribution >= 0.6 is 15.9 Å². The summed E-state index contributed by atoms with van der Waals surface area (Å²) >= 11 is 3.55. The number of carbonyl (C=O) groups is 1. The maximum absolute atomic E-state index is 13.2. The number of para-hydroxylation sites is 2. The van der Waals surface area contributed by atoms with Crippen LogP contribution in [0.5, 0.6) is 5.75 Å². The van der Waals surface area contributed by atoms with E-state index in [9.17, 15) is 4.79 Å². The summed E-state index contributed by atoms with van der Waals surface area (Å²) in [6.07, 6.45) is 2.09. The summed E-state index contributed by atoms with van der Waals surface area (Å²) in [4.78, 5) is 20.0. The predicted molar refractivity (Wildman–Crippen MR) is 124 cm³/mol. The molecule has 0 N–H and O–H groups in total. The molecule has 2 aliphatic rings. The first kappa shape index (κ1) is 21.2. The van der Waals surface area contributed by atoms with Crippen molar-refractivity contribution in [3.8, 4) is 5.75 Å². The maximum atomic E-state index is 13.2. The first-order valence-electron chi connectivity index (χ1n) is 10.8. The van der Waals surface area contributed by atoms with E-state index in [1.807, 2.05) is 18.2 Å². The van der Waals surface area contributed by atoms with E-state index in [1.54, 1.807) is 7.11 Å². The molecule has 2 saturated heterocycles. The highest BCUT2D eigenvalue weighted by Gasteiger charge is 2.31. The van der Waals surface area contributed by atoms with Crippen molar-refractivity contribution in [3.63, 3.8) is 0 Å². The minimum absolute atomic E-state index is 0.115. The Balaban J connectivity index is 1.32. The van der Waals surface area contributed by atoms with Crippen LogP contribution in [0.25, 0.3) is 0 Å². The normalized spacial score (nSPS) is 20.3. The lowest BCUT2D eigenvalue weighted by Crippen LogP contribution is -2.52. The molecule has 0 bridgehead atoms. The van der Waals surface area contributed by atoms with Crippen molar-refractivity contribution in [3.05, 3.63) is 58.6 Å². The van der Waals surface area contributed by atoms with Crippen LogP contribution in [0.1, 0.15) is 18.4 Å². The van der Waals surface area contributed by atoms with Crippen LogP contribution in [0.15, 0.2) is 53.0 Å². The molecule has 1 atom stereocenters. The summed E-state index contributed by atoms with van der Waals surface area (Å²) in [6, 6.07) is 16.6. The highest BCUT2D eigenvalue weighted by molar-refractivity contribution is 9.10. The van der Waals surface area contributed by atoms with Gasteiger partial charge in [-0.15, -0.1) is 0 Å². The molecule has 1 unspecified atom stereocenters. The molecule has 2 aliphatic heterocycles. The number of likely N-dealkylation sites (tertiary alicyclic amines) is 1. The minimum atomic E-state index is 0.115. The molecule has 5 nitrogen and oxygen atoms in total. The first-order chi connectivity index (χ1) is 14.6. The molecule has 30 heavy (non-hydrogen) atoms. The molecule has 2 heterocycles. The lowest BCUT2D eigenvalue weighted by Gasteiger charge is -2.40. The van der Waals surface area contributed by atoms with Gasteiger partial charge in [-0.25, -0.2) is 0 Å². The average molecular weight is 472 g/mol. The summed E-state index contributed by atoms with van der Waals surface area (Å²) in [5, 5.41) is 0. The van der Waals surface area contributed by atoms with Gasteiger partial charge in [-0.3, -0.25) is 9.69 Å². The third kappa shape index (κ3) is 4.98. The molecule has 0 spiro atoms. The Kier molecular flexibility index (Phi) is 6.95. The molecule has 160 valence electrons. The van der Waals surface area contributed by atoms with Crippen LogP contribution < -0.4 is 9.64 Å². The van der Waals surface area contributed by atoms with Gasteiger partial charge in [0.15, 0.2) is 0 Å². The standard InChI is InChI=1S/C24H30BrN3O2/c1-30-23-10-3-2-9-22(23)27-12-14-28(15-13-27)24(29)20-7-5-11-26(18-20)17-19-6-4-8-21(25)16-19/h2-4,6,8-10,16,20H,5,7,11-15,17-18H2,1H3. The van der Waals surface area contributed by atoms with Gasteiger partial charge in [0.25, 0.3) is 0 Å². The quantitative estimate of drug-likeness (QED) is 0.659. The van der Waals surface area contributed by atoms with E-state index in [0.29, 0.717) is 5.91 Å². The molecular formula is C24H30BrN3O2. The Morgan fingerprint density at radius 1 is 1.07 bits per heavy atom. The zero-order valence-electron chi connectivity index (χ0n) is 17.6. The van der Waals surface area contributed by atoms with Crippen molar-refractivity contribution in [1.82, 2.24) is 9.80 Å². The maximum Gasteiger partial charge on any atom is 0.227 e. The van der Waals surface area contributed by atoms with E-state index in [1.165, 1.54) is 5.56 Å². The third-order valence-corrected chi connectivity index (χ3v) is 6.66. The lowest BCUT2D eigenvalue weighted by molar-refractivity contribution is -0.137. The summed E-state index contributed by atoms with van der Waals surface area (Å²) in [5.74, 6) is 1.34. The van der Waals surface area contributed by atoms with Crippen molar-refractivity contribution in [2.24, 2.45) is 5.92 Å². The number of carbonyl (C=O) groups excluding carboxylic acids is 1. The van der Waals surface area contributed by atoms with E-state index in [2.05, 4.69) is 61.0 Å². The summed E-state index contributed by atoms with van der Waals surface area (Å²) in [7, 11) is 1.71. The fourth-order valence-electron chi connectivity index (χ4n) is 4.61. The number of hydrogen-bond acceptors (Lipinski definition) is 4. The van der Waals surface area contributed by atoms with Gasteiger partial charge in [-0.1, -0.05) is 40.2 Å². The van der Waals surface area contributed by atoms with Crippen molar-refractivity contribution in [1.29, 1.82) is 0 Å². The Morgan fingerprint density at radius 2 is 1.87 bits per heavy atom. The molecule has 2 aromatic carbocycles. The van der Waals surface area contributed by atoms with Gasteiger partial charge in [-0.05, 0) is 49.2 Å². The molecule has 2 fully saturated rings.